The number of carbonyl (C=O) groups is 2. The van der Waals surface area contributed by atoms with Crippen LogP contribution in [-0.2, 0) is 11.3 Å². The lowest BCUT2D eigenvalue weighted by Gasteiger charge is -2.26. The monoisotopic (exact) mass is 463 g/mol. The van der Waals surface area contributed by atoms with E-state index >= 15 is 0 Å². The Morgan fingerprint density at radius 2 is 1.94 bits per heavy atom. The zero-order valence-electron chi connectivity index (χ0n) is 17.6. The van der Waals surface area contributed by atoms with E-state index in [1.165, 1.54) is 18.2 Å². The summed E-state index contributed by atoms with van der Waals surface area (Å²) in [6.07, 6.45) is 6.67. The highest BCUT2D eigenvalue weighted by molar-refractivity contribution is 6.33. The molecule has 1 fully saturated rings. The van der Waals surface area contributed by atoms with Crippen LogP contribution >= 0.6 is 11.6 Å². The van der Waals surface area contributed by atoms with Crippen molar-refractivity contribution >= 4 is 23.9 Å². The average Bonchev–Trinajstić information content (AvgIpc) is 3.00. The Morgan fingerprint density at radius 3 is 2.62 bits per heavy atom. The Bertz CT molecular complexity index is 1090. The summed E-state index contributed by atoms with van der Waals surface area (Å²) in [4.78, 5) is 47.9. The van der Waals surface area contributed by atoms with Crippen molar-refractivity contribution in [1.82, 2.24) is 25.0 Å². The van der Waals surface area contributed by atoms with Crippen LogP contribution in [0.3, 0.4) is 0 Å². The summed E-state index contributed by atoms with van der Waals surface area (Å²) in [7, 11) is 0. The number of nitrogens with one attached hydrogen (secondary N) is 2. The highest BCUT2D eigenvalue weighted by atomic mass is 35.5. The Labute approximate surface area is 189 Å². The first kappa shape index (κ1) is 23.7. The predicted molar refractivity (Wildman–Crippen MR) is 118 cm³/mol. The summed E-state index contributed by atoms with van der Waals surface area (Å²) in [6.45, 7) is 0.178. The van der Waals surface area contributed by atoms with Gasteiger partial charge in [-0.25, -0.2) is 4.79 Å². The molecule has 2 aromatic rings. The van der Waals surface area contributed by atoms with Gasteiger partial charge in [-0.3, -0.25) is 19.0 Å². The van der Waals surface area contributed by atoms with Gasteiger partial charge in [-0.05, 0) is 31.0 Å². The molecule has 0 radical (unpaired) electrons. The van der Waals surface area contributed by atoms with Crippen LogP contribution in [0.25, 0.3) is 5.69 Å². The van der Waals surface area contributed by atoms with E-state index in [1.807, 2.05) is 0 Å². The largest absolute Gasteiger partial charge is 0.388 e. The molecule has 1 saturated carbocycles. The van der Waals surface area contributed by atoms with Crippen LogP contribution in [0, 0.1) is 0 Å². The van der Waals surface area contributed by atoms with Crippen molar-refractivity contribution in [2.45, 2.75) is 50.7 Å². The molecule has 0 bridgehead atoms. The molecule has 3 rings (SSSR count). The van der Waals surface area contributed by atoms with Gasteiger partial charge >= 0.3 is 5.69 Å². The van der Waals surface area contributed by atoms with Crippen molar-refractivity contribution in [3.63, 3.8) is 0 Å². The smallest absolute Gasteiger partial charge is 0.352 e. The third-order valence-corrected chi connectivity index (χ3v) is 5.91. The fourth-order valence-corrected chi connectivity index (χ4v) is 3.98. The van der Waals surface area contributed by atoms with Gasteiger partial charge in [-0.1, -0.05) is 37.3 Å². The Kier molecular flexibility index (Phi) is 7.81. The van der Waals surface area contributed by atoms with Gasteiger partial charge in [0.05, 0.1) is 21.9 Å². The van der Waals surface area contributed by atoms with Crippen LogP contribution in [-0.4, -0.2) is 50.5 Å². The van der Waals surface area contributed by atoms with E-state index in [9.17, 15) is 24.3 Å². The number of nitrogens with zero attached hydrogens (tertiary/aromatic N) is 3. The summed E-state index contributed by atoms with van der Waals surface area (Å²) < 4.78 is 1.91. The second-order valence-electron chi connectivity index (χ2n) is 7.89. The molecule has 0 atom stereocenters. The van der Waals surface area contributed by atoms with Crippen LogP contribution in [0.4, 0.5) is 0 Å². The molecule has 1 aliphatic rings. The van der Waals surface area contributed by atoms with Crippen molar-refractivity contribution in [3.8, 4) is 5.69 Å². The minimum absolute atomic E-state index is 0.0293. The van der Waals surface area contributed by atoms with Gasteiger partial charge in [0, 0.05) is 19.6 Å². The first-order chi connectivity index (χ1) is 15.3. The number of aromatic nitrogens is 3. The lowest BCUT2D eigenvalue weighted by atomic mass is 9.94. The van der Waals surface area contributed by atoms with Crippen molar-refractivity contribution < 1.29 is 14.7 Å². The van der Waals surface area contributed by atoms with Crippen molar-refractivity contribution in [2.75, 3.05) is 13.1 Å². The maximum absolute atomic E-state index is 12.8. The molecule has 32 heavy (non-hydrogen) atoms. The zero-order valence-corrected chi connectivity index (χ0v) is 18.3. The molecule has 172 valence electrons. The number of hydrogen-bond acceptors (Lipinski definition) is 6. The summed E-state index contributed by atoms with van der Waals surface area (Å²) in [5.74, 6) is -0.480. The molecule has 0 spiro atoms. The fourth-order valence-electron chi connectivity index (χ4n) is 3.78. The molecule has 2 amide bonds. The van der Waals surface area contributed by atoms with Gasteiger partial charge < -0.3 is 15.7 Å². The molecule has 1 aliphatic carbocycles. The molecule has 3 N–H and O–H groups in total. The highest BCUT2D eigenvalue weighted by Gasteiger charge is 2.28. The molecule has 0 saturated heterocycles. The molecule has 1 aromatic heterocycles. The summed E-state index contributed by atoms with van der Waals surface area (Å²) in [5, 5.41) is 20.0. The molecular formula is C21H26ClN5O5. The van der Waals surface area contributed by atoms with Crippen LogP contribution in [0.2, 0.25) is 5.02 Å². The molecule has 10 nitrogen and oxygen atoms in total. The maximum atomic E-state index is 12.8. The van der Waals surface area contributed by atoms with Gasteiger partial charge in [0.25, 0.3) is 11.5 Å². The quantitative estimate of drug-likeness (QED) is 0.298. The third-order valence-electron chi connectivity index (χ3n) is 5.58. The second kappa shape index (κ2) is 10.6. The minimum Gasteiger partial charge on any atom is -0.388 e. The van der Waals surface area contributed by atoms with Crippen LogP contribution < -0.4 is 21.9 Å². The lowest BCUT2D eigenvalue weighted by Crippen LogP contribution is -2.43. The molecular weight excluding hydrogens is 438 g/mol. The predicted octanol–water partition coefficient (Wildman–Crippen LogP) is 0.609. The first-order valence-electron chi connectivity index (χ1n) is 10.5. The van der Waals surface area contributed by atoms with E-state index in [2.05, 4.69) is 15.7 Å². The normalized spacial score (nSPS) is 15.6. The van der Waals surface area contributed by atoms with Crippen LogP contribution in [0.1, 0.15) is 48.9 Å². The molecule has 0 unspecified atom stereocenters. The maximum Gasteiger partial charge on any atom is 0.352 e. The summed E-state index contributed by atoms with van der Waals surface area (Å²) in [6, 6.07) is 4.37. The van der Waals surface area contributed by atoms with Crippen molar-refractivity contribution in [2.24, 2.45) is 0 Å². The summed E-state index contributed by atoms with van der Waals surface area (Å²) in [5.41, 5.74) is -1.90. The number of benzene rings is 1. The lowest BCUT2D eigenvalue weighted by molar-refractivity contribution is -0.109. The number of hydrogen-bond donors (Lipinski definition) is 3. The topological polar surface area (TPSA) is 135 Å². The minimum atomic E-state index is -0.945. The molecule has 0 aliphatic heterocycles. The number of halogens is 1. The van der Waals surface area contributed by atoms with E-state index < -0.39 is 22.8 Å². The second-order valence-corrected chi connectivity index (χ2v) is 8.29. The number of rotatable bonds is 8. The van der Waals surface area contributed by atoms with Crippen molar-refractivity contribution in [3.05, 3.63) is 55.8 Å². The number of amides is 2. The standard InChI is InChI=1S/C21H26ClN5O5/c22-17-6-5-15(27-20(31)26(10-9-23-14-28)18(29)12-25-27)11-16(17)19(30)24-13-21(32)7-3-1-2-4-8-21/h5-6,11-12,14,32H,1-4,7-10,13H2,(H,23,28)(H,24,30). The Morgan fingerprint density at radius 1 is 1.22 bits per heavy atom. The number of aliphatic hydroxyl groups is 1. The van der Waals surface area contributed by atoms with Gasteiger partial charge in [-0.15, -0.1) is 0 Å². The van der Waals surface area contributed by atoms with Gasteiger partial charge in [-0.2, -0.15) is 9.78 Å². The number of carbonyl (C=O) groups excluding carboxylic acids is 2. The molecule has 1 heterocycles. The van der Waals surface area contributed by atoms with E-state index in [0.717, 1.165) is 41.1 Å². The highest BCUT2D eigenvalue weighted by Crippen LogP contribution is 2.26. The van der Waals surface area contributed by atoms with E-state index in [0.29, 0.717) is 19.3 Å². The zero-order chi connectivity index (χ0) is 23.1. The third kappa shape index (κ3) is 5.63. The summed E-state index contributed by atoms with van der Waals surface area (Å²) >= 11 is 6.21. The fraction of sp³-hybridized carbons (Fsp3) is 0.476. The molecule has 11 heteroatoms. The molecule has 1 aromatic carbocycles. The van der Waals surface area contributed by atoms with Crippen LogP contribution in [0.5, 0.6) is 0 Å². The SMILES string of the molecule is O=CNCCn1c(=O)cnn(-c2ccc(Cl)c(C(=O)NCC3(O)CCCCCC3)c2)c1=O. The van der Waals surface area contributed by atoms with Gasteiger partial charge in [0.2, 0.25) is 6.41 Å². The average molecular weight is 464 g/mol. The van der Waals surface area contributed by atoms with Gasteiger partial charge in [0.1, 0.15) is 6.20 Å². The van der Waals surface area contributed by atoms with Crippen molar-refractivity contribution in [1.29, 1.82) is 0 Å². The Balaban J connectivity index is 1.83. The van der Waals surface area contributed by atoms with E-state index in [4.69, 9.17) is 11.6 Å². The van der Waals surface area contributed by atoms with E-state index in [1.54, 1.807) is 0 Å². The van der Waals surface area contributed by atoms with E-state index in [-0.39, 0.29) is 35.9 Å². The Hall–Kier alpha value is -2.98. The first-order valence-corrected chi connectivity index (χ1v) is 10.9. The van der Waals surface area contributed by atoms with Gasteiger partial charge in [0.15, 0.2) is 0 Å². The van der Waals surface area contributed by atoms with Crippen LogP contribution in [0.15, 0.2) is 34.0 Å².